The van der Waals surface area contributed by atoms with Gasteiger partial charge in [-0.2, -0.15) is 4.31 Å². The second-order valence-corrected chi connectivity index (χ2v) is 28.3. The van der Waals surface area contributed by atoms with Crippen molar-refractivity contribution >= 4 is 69.1 Å². The van der Waals surface area contributed by atoms with E-state index in [-0.39, 0.29) is 59.0 Å². The van der Waals surface area contributed by atoms with E-state index >= 15 is 0 Å². The molecule has 29 heteroatoms. The van der Waals surface area contributed by atoms with Gasteiger partial charge in [-0.25, -0.2) is 28.6 Å². The van der Waals surface area contributed by atoms with E-state index in [0.29, 0.717) is 23.0 Å². The monoisotopic (exact) mass is 1170 g/mol. The predicted octanol–water partition coefficient (Wildman–Crippen LogP) is 5.05. The standard InChI is InChI=1S/C48H78N7O18P3S/c1-27(32-12-13-33-31-11-10-29-22-30(56)14-17-47(29,5)34(31)15-18-48(32,33)6)8-7-9-28(2)45(61)77-21-20-50-36(57)16-19-51-43(60)40(59)46(3,4)24-70-76(67,68)73-75(65,66)69-23-35-39(72-74(62,63)64)38(58)44(71-35)55-26-54-37-41(49)52-25-53-42(37)55/h10,25-28,30-35,38-40,44,56,58-59H,7-9,11-24H2,1-6H3,(H,50,57)(H,51,60)(H,65,66)(H,67,68)(H2,49,52,53)(H2,62,63,64)/t27-,28+,30+,31+,32-,33+,34+,35-,38-,39-,40+,44-,47+,48-/m1/s1. The number of nitrogens with zero attached hydrogens (tertiary/aromatic N) is 4. The number of carbonyl (C=O) groups excluding carboxylic acids is 3. The first-order valence-corrected chi connectivity index (χ1v) is 31.9. The highest BCUT2D eigenvalue weighted by atomic mass is 32.2. The highest BCUT2D eigenvalue weighted by Crippen LogP contribution is 2.67. The number of nitrogens with one attached hydrogen (secondary N) is 2. The van der Waals surface area contributed by atoms with Gasteiger partial charge in [0.2, 0.25) is 11.8 Å². The fourth-order valence-corrected chi connectivity index (χ4v) is 16.7. The van der Waals surface area contributed by atoms with Crippen molar-refractivity contribution in [2.75, 3.05) is 37.8 Å². The molecule has 0 bridgehead atoms. The van der Waals surface area contributed by atoms with Gasteiger partial charge in [0.15, 0.2) is 22.8 Å². The first-order chi connectivity index (χ1) is 35.9. The zero-order chi connectivity index (χ0) is 56.5. The van der Waals surface area contributed by atoms with Gasteiger partial charge in [0.05, 0.1) is 25.6 Å². The van der Waals surface area contributed by atoms with Gasteiger partial charge in [-0.1, -0.05) is 77.8 Å². The largest absolute Gasteiger partial charge is 0.481 e. The number of anilines is 1. The van der Waals surface area contributed by atoms with Gasteiger partial charge in [0.1, 0.15) is 36.3 Å². The highest BCUT2D eigenvalue weighted by molar-refractivity contribution is 8.13. The van der Waals surface area contributed by atoms with Crippen molar-refractivity contribution in [3.05, 3.63) is 24.3 Å². The summed E-state index contributed by atoms with van der Waals surface area (Å²) in [5, 5.41) is 37.3. The number of rotatable bonds is 25. The second kappa shape index (κ2) is 24.8. The number of allylic oxidation sites excluding steroid dienone is 1. The molecular weight excluding hydrogens is 1090 g/mol. The number of imidazole rings is 1. The minimum atomic E-state index is -5.59. The third-order valence-corrected chi connectivity index (χ3v) is 21.5. The minimum Gasteiger partial charge on any atom is -0.393 e. The topological polar surface area (TPSA) is 384 Å². The van der Waals surface area contributed by atoms with Crippen LogP contribution in [0.1, 0.15) is 125 Å². The summed E-state index contributed by atoms with van der Waals surface area (Å²) in [6, 6.07) is 0. The number of aliphatic hydroxyl groups excluding tert-OH is 3. The summed E-state index contributed by atoms with van der Waals surface area (Å²) in [6.45, 7) is 9.95. The second-order valence-electron chi connectivity index (χ2n) is 22.9. The lowest BCUT2D eigenvalue weighted by Gasteiger charge is -2.58. The van der Waals surface area contributed by atoms with Gasteiger partial charge < -0.3 is 56.0 Å². The molecule has 4 aliphatic carbocycles. The number of thioether (sulfide) groups is 1. The number of nitrogens with two attached hydrogens (primary N) is 1. The van der Waals surface area contributed by atoms with E-state index in [4.69, 9.17) is 19.5 Å². The number of phosphoric ester groups is 3. The molecule has 7 rings (SSSR count). The maximum Gasteiger partial charge on any atom is 0.481 e. The van der Waals surface area contributed by atoms with Crippen LogP contribution in [0, 0.1) is 51.8 Å². The zero-order valence-corrected chi connectivity index (χ0v) is 47.9. The van der Waals surface area contributed by atoms with E-state index in [9.17, 15) is 63.0 Å². The van der Waals surface area contributed by atoms with E-state index < -0.39 is 84.6 Å². The number of fused-ring (bicyclic) bond motifs is 6. The molecule has 0 aromatic carbocycles. The Hall–Kier alpha value is -2.74. The summed E-state index contributed by atoms with van der Waals surface area (Å²) in [5.41, 5.74) is 6.38. The molecule has 0 radical (unpaired) electrons. The number of aliphatic hydroxyl groups is 3. The molecule has 2 aromatic heterocycles. The normalized spacial score (nSPS) is 32.2. The smallest absolute Gasteiger partial charge is 0.393 e. The fourth-order valence-electron chi connectivity index (χ4n) is 13.1. The quantitative estimate of drug-likeness (QED) is 0.0353. The molecule has 4 fully saturated rings. The molecule has 0 spiro atoms. The molecule has 5 aliphatic rings. The van der Waals surface area contributed by atoms with Gasteiger partial charge in [0.25, 0.3) is 0 Å². The van der Waals surface area contributed by atoms with Crippen molar-refractivity contribution < 1.29 is 85.6 Å². The minimum absolute atomic E-state index is 0.0320. The van der Waals surface area contributed by atoms with Gasteiger partial charge in [-0.05, 0) is 98.2 Å². The number of hydrogen-bond acceptors (Lipinski definition) is 19. The number of phosphoric acid groups is 3. The first-order valence-electron chi connectivity index (χ1n) is 26.4. The Morgan fingerprint density at radius 3 is 2.42 bits per heavy atom. The van der Waals surface area contributed by atoms with Crippen LogP contribution in [0.5, 0.6) is 0 Å². The van der Waals surface area contributed by atoms with Crippen molar-refractivity contribution in [2.45, 2.75) is 155 Å². The highest BCUT2D eigenvalue weighted by Gasteiger charge is 2.59. The molecule has 2 unspecified atom stereocenters. The Kier molecular flexibility index (Phi) is 19.9. The Morgan fingerprint density at radius 1 is 0.961 bits per heavy atom. The summed E-state index contributed by atoms with van der Waals surface area (Å²) in [4.78, 5) is 89.9. The molecule has 3 heterocycles. The number of amides is 2. The molecule has 1 saturated heterocycles. The molecule has 1 aliphatic heterocycles. The zero-order valence-electron chi connectivity index (χ0n) is 44.4. The van der Waals surface area contributed by atoms with Crippen LogP contribution in [0.4, 0.5) is 5.82 Å². The van der Waals surface area contributed by atoms with E-state index in [1.165, 1.54) is 56.9 Å². The van der Waals surface area contributed by atoms with Crippen LogP contribution >= 0.6 is 35.2 Å². The van der Waals surface area contributed by atoms with Gasteiger partial charge >= 0.3 is 23.5 Å². The number of aromatic nitrogens is 4. The Balaban J connectivity index is 0.762. The summed E-state index contributed by atoms with van der Waals surface area (Å²) >= 11 is 1.18. The summed E-state index contributed by atoms with van der Waals surface area (Å²) in [7, 11) is -16.5. The lowest BCUT2D eigenvalue weighted by Crippen LogP contribution is -2.50. The van der Waals surface area contributed by atoms with Crippen molar-refractivity contribution in [2.24, 2.45) is 51.8 Å². The molecule has 2 amide bonds. The van der Waals surface area contributed by atoms with E-state index in [2.05, 4.69) is 61.3 Å². The van der Waals surface area contributed by atoms with E-state index in [0.717, 1.165) is 79.9 Å². The first kappa shape index (κ1) is 61.9. The Labute approximate surface area is 452 Å². The van der Waals surface area contributed by atoms with Crippen molar-refractivity contribution in [1.82, 2.24) is 30.2 Å². The molecule has 2 aromatic rings. The van der Waals surface area contributed by atoms with Crippen LogP contribution in [0.2, 0.25) is 0 Å². The van der Waals surface area contributed by atoms with E-state index in [1.807, 2.05) is 6.92 Å². The Morgan fingerprint density at radius 2 is 1.69 bits per heavy atom. The number of hydrogen-bond donors (Lipinski definition) is 10. The van der Waals surface area contributed by atoms with Crippen molar-refractivity contribution in [3.8, 4) is 0 Å². The van der Waals surface area contributed by atoms with Crippen LogP contribution in [-0.2, 0) is 50.7 Å². The Bertz CT molecular complexity index is 2630. The summed E-state index contributed by atoms with van der Waals surface area (Å²) < 4.78 is 62.8. The van der Waals surface area contributed by atoms with Crippen molar-refractivity contribution in [3.63, 3.8) is 0 Å². The van der Waals surface area contributed by atoms with Crippen LogP contribution in [0.3, 0.4) is 0 Å². The van der Waals surface area contributed by atoms with Crippen LogP contribution in [0.15, 0.2) is 24.3 Å². The molecule has 16 atom stereocenters. The van der Waals surface area contributed by atoms with E-state index in [1.54, 1.807) is 0 Å². The van der Waals surface area contributed by atoms with Gasteiger partial charge in [-0.15, -0.1) is 0 Å². The number of ether oxygens (including phenoxy) is 1. The molecular formula is C48H78N7O18P3S. The number of carbonyl (C=O) groups is 3. The third kappa shape index (κ3) is 14.7. The van der Waals surface area contributed by atoms with Crippen molar-refractivity contribution in [1.29, 1.82) is 0 Å². The molecule has 77 heavy (non-hydrogen) atoms. The van der Waals surface area contributed by atoms with Gasteiger partial charge in [-0.3, -0.25) is 32.5 Å². The molecule has 3 saturated carbocycles. The summed E-state index contributed by atoms with van der Waals surface area (Å²) in [6.07, 6.45) is 7.38. The third-order valence-electron chi connectivity index (χ3n) is 17.3. The predicted molar refractivity (Wildman–Crippen MR) is 280 cm³/mol. The van der Waals surface area contributed by atoms with Crippen LogP contribution in [-0.4, -0.2) is 134 Å². The fraction of sp³-hybridized carbons (Fsp3) is 0.792. The average Bonchev–Trinajstić information content (AvgIpc) is 4.04. The lowest BCUT2D eigenvalue weighted by atomic mass is 9.47. The average molecular weight is 1170 g/mol. The van der Waals surface area contributed by atoms with Gasteiger partial charge in [0, 0.05) is 36.6 Å². The number of nitrogen functional groups attached to an aromatic ring is 1. The maximum absolute atomic E-state index is 13.0. The molecule has 434 valence electrons. The SMILES string of the molecule is C[C@H](CCC[C@H](C)C(=O)SCCNC(=O)CCNC(=O)[C@H](O)C(C)(C)COP(=O)(O)OP(=O)(O)OC[C@H]1O[C@@H](n2cnc3c(N)ncnc32)[C@H](O)[C@@H]1OP(=O)(O)O)[C@H]1CC[C@H]2[C@@H]3CC=C4C[C@@H](O)CC[C@]4(C)[C@H]3CC[C@]12C. The van der Waals surface area contributed by atoms with Crippen LogP contribution in [0.25, 0.3) is 11.2 Å². The van der Waals surface area contributed by atoms with Crippen LogP contribution < -0.4 is 16.4 Å². The maximum atomic E-state index is 13.0. The lowest BCUT2D eigenvalue weighted by molar-refractivity contribution is -0.137. The summed E-state index contributed by atoms with van der Waals surface area (Å²) in [5.74, 6) is 2.27. The molecule has 11 N–H and O–H groups in total. The molecule has 25 nitrogen and oxygen atoms in total.